The minimum atomic E-state index is -0.487. The second-order valence-electron chi connectivity index (χ2n) is 10.2. The van der Waals surface area contributed by atoms with Crippen LogP contribution in [0.2, 0.25) is 0 Å². The molecule has 2 aromatic rings. The van der Waals surface area contributed by atoms with Crippen molar-refractivity contribution in [2.45, 2.75) is 70.0 Å². The fourth-order valence-electron chi connectivity index (χ4n) is 5.69. The van der Waals surface area contributed by atoms with Crippen LogP contribution >= 0.6 is 0 Å². The molecule has 1 saturated heterocycles. The van der Waals surface area contributed by atoms with E-state index < -0.39 is 6.04 Å². The maximum Gasteiger partial charge on any atom is 0.245 e. The van der Waals surface area contributed by atoms with E-state index in [-0.39, 0.29) is 36.6 Å². The number of fused-ring (bicyclic) bond motifs is 1. The Morgan fingerprint density at radius 2 is 1.81 bits per heavy atom. The monoisotopic (exact) mass is 492 g/mol. The molecule has 3 unspecified atom stereocenters. The second-order valence-corrected chi connectivity index (χ2v) is 10.2. The van der Waals surface area contributed by atoms with Gasteiger partial charge in [0.25, 0.3) is 0 Å². The molecule has 1 aliphatic carbocycles. The number of aromatic nitrogens is 1. The van der Waals surface area contributed by atoms with Crippen LogP contribution in [0.1, 0.15) is 63.5 Å². The van der Waals surface area contributed by atoms with Crippen LogP contribution < -0.4 is 20.1 Å². The van der Waals surface area contributed by atoms with Gasteiger partial charge in [0.05, 0.1) is 12.1 Å². The van der Waals surface area contributed by atoms with Crippen LogP contribution in [0.5, 0.6) is 11.5 Å². The summed E-state index contributed by atoms with van der Waals surface area (Å²) < 4.78 is 11.0. The third-order valence-corrected chi connectivity index (χ3v) is 7.90. The Balaban J connectivity index is 1.38. The van der Waals surface area contributed by atoms with Crippen molar-refractivity contribution in [1.29, 1.82) is 0 Å². The zero-order valence-electron chi connectivity index (χ0n) is 21.2. The van der Waals surface area contributed by atoms with E-state index in [1.165, 1.54) is 6.42 Å². The molecule has 1 aromatic carbocycles. The van der Waals surface area contributed by atoms with Gasteiger partial charge in [0.1, 0.15) is 6.04 Å². The van der Waals surface area contributed by atoms with E-state index in [9.17, 15) is 9.59 Å². The number of nitrogens with one attached hydrogen (secondary N) is 2. The summed E-state index contributed by atoms with van der Waals surface area (Å²) in [5.41, 5.74) is 3.00. The third kappa shape index (κ3) is 5.05. The third-order valence-electron chi connectivity index (χ3n) is 7.90. The topological polar surface area (TPSA) is 92.8 Å². The average Bonchev–Trinajstić information content (AvgIpc) is 3.61. The van der Waals surface area contributed by atoms with Crippen molar-refractivity contribution < 1.29 is 19.1 Å². The molecule has 2 aliphatic heterocycles. The summed E-state index contributed by atoms with van der Waals surface area (Å²) in [4.78, 5) is 33.3. The van der Waals surface area contributed by atoms with Crippen LogP contribution in [0.3, 0.4) is 0 Å². The lowest BCUT2D eigenvalue weighted by atomic mass is 9.83. The number of carbonyl (C=O) groups is 2. The number of carbonyl (C=O) groups excluding carboxylic acids is 2. The van der Waals surface area contributed by atoms with Crippen molar-refractivity contribution in [3.05, 3.63) is 42.2 Å². The number of hydrogen-bond donors (Lipinski definition) is 2. The summed E-state index contributed by atoms with van der Waals surface area (Å²) in [7, 11) is 1.76. The fourth-order valence-corrected chi connectivity index (χ4v) is 5.69. The highest BCUT2D eigenvalue weighted by Crippen LogP contribution is 2.38. The molecule has 3 atom stereocenters. The Bertz CT molecular complexity index is 1100. The largest absolute Gasteiger partial charge is 0.454 e. The molecule has 36 heavy (non-hydrogen) atoms. The number of nitrogens with zero attached hydrogens (tertiary/aromatic N) is 2. The van der Waals surface area contributed by atoms with Crippen LogP contribution in [0, 0.1) is 5.92 Å². The molecule has 5 rings (SSSR count). The van der Waals surface area contributed by atoms with Crippen molar-refractivity contribution >= 4 is 11.8 Å². The maximum atomic E-state index is 14.0. The van der Waals surface area contributed by atoms with E-state index in [0.717, 1.165) is 66.7 Å². The number of pyridine rings is 1. The highest BCUT2D eigenvalue weighted by Gasteiger charge is 2.39. The number of amides is 2. The van der Waals surface area contributed by atoms with Gasteiger partial charge >= 0.3 is 0 Å². The van der Waals surface area contributed by atoms with E-state index >= 15 is 0 Å². The quantitative estimate of drug-likeness (QED) is 0.611. The molecule has 2 amide bonds. The number of ether oxygens (including phenoxy) is 2. The number of hydrogen-bond acceptors (Lipinski definition) is 6. The minimum Gasteiger partial charge on any atom is -0.454 e. The Labute approximate surface area is 212 Å². The Hall–Kier alpha value is -3.13. The standard InChI is InChI=1S/C28H36N4O4/c1-18(29-2)27(33)31-26(19-7-4-3-5-8-19)28(34)32-12-6-9-23(32)22-13-21(15-30-16-22)20-10-11-24-25(14-20)36-17-35-24/h10-11,13-16,18-19,23,26,29H,3-9,12,17H2,1-2H3,(H,31,33). The molecule has 8 heteroatoms. The predicted octanol–water partition coefficient (Wildman–Crippen LogP) is 3.81. The lowest BCUT2D eigenvalue weighted by Gasteiger charge is -2.35. The smallest absolute Gasteiger partial charge is 0.245 e. The first-order valence-corrected chi connectivity index (χ1v) is 13.2. The van der Waals surface area contributed by atoms with E-state index in [1.807, 2.05) is 42.4 Å². The van der Waals surface area contributed by atoms with Crippen LogP contribution in [-0.4, -0.2) is 54.2 Å². The van der Waals surface area contributed by atoms with Gasteiger partial charge in [-0.25, -0.2) is 0 Å². The first-order valence-electron chi connectivity index (χ1n) is 13.2. The van der Waals surface area contributed by atoms with Gasteiger partial charge in [0.2, 0.25) is 18.6 Å². The summed E-state index contributed by atoms with van der Waals surface area (Å²) >= 11 is 0. The highest BCUT2D eigenvalue weighted by molar-refractivity contribution is 5.90. The molecule has 3 aliphatic rings. The van der Waals surface area contributed by atoms with E-state index in [1.54, 1.807) is 7.05 Å². The summed E-state index contributed by atoms with van der Waals surface area (Å²) in [5, 5.41) is 6.10. The normalized spacial score (nSPS) is 21.3. The van der Waals surface area contributed by atoms with Gasteiger partial charge < -0.3 is 25.0 Å². The van der Waals surface area contributed by atoms with Crippen LogP contribution in [0.25, 0.3) is 11.1 Å². The molecule has 0 bridgehead atoms. The van der Waals surface area contributed by atoms with Gasteiger partial charge in [-0.05, 0) is 74.9 Å². The van der Waals surface area contributed by atoms with Gasteiger partial charge in [-0.2, -0.15) is 0 Å². The molecule has 3 heterocycles. The molecular formula is C28H36N4O4. The van der Waals surface area contributed by atoms with Crippen molar-refractivity contribution in [3.8, 4) is 22.6 Å². The number of benzene rings is 1. The Morgan fingerprint density at radius 1 is 1.00 bits per heavy atom. The molecule has 1 aromatic heterocycles. The summed E-state index contributed by atoms with van der Waals surface area (Å²) in [6, 6.07) is 7.13. The number of rotatable bonds is 7. The first-order chi connectivity index (χ1) is 17.5. The molecule has 0 spiro atoms. The molecular weight excluding hydrogens is 456 g/mol. The number of likely N-dealkylation sites (N-methyl/N-ethyl adjacent to an activating group) is 1. The minimum absolute atomic E-state index is 0.0366. The molecule has 8 nitrogen and oxygen atoms in total. The summed E-state index contributed by atoms with van der Waals surface area (Å²) in [5.74, 6) is 1.58. The van der Waals surface area contributed by atoms with Crippen molar-refractivity contribution in [2.75, 3.05) is 20.4 Å². The van der Waals surface area contributed by atoms with Gasteiger partial charge in [0.15, 0.2) is 11.5 Å². The molecule has 1 saturated carbocycles. The molecule has 2 fully saturated rings. The molecule has 2 N–H and O–H groups in total. The van der Waals surface area contributed by atoms with Crippen molar-refractivity contribution in [2.24, 2.45) is 5.92 Å². The van der Waals surface area contributed by atoms with E-state index in [4.69, 9.17) is 9.47 Å². The van der Waals surface area contributed by atoms with Crippen molar-refractivity contribution in [3.63, 3.8) is 0 Å². The zero-order valence-corrected chi connectivity index (χ0v) is 21.2. The van der Waals surface area contributed by atoms with Crippen LogP contribution in [0.4, 0.5) is 0 Å². The van der Waals surface area contributed by atoms with Crippen LogP contribution in [0.15, 0.2) is 36.7 Å². The van der Waals surface area contributed by atoms with Gasteiger partial charge in [-0.15, -0.1) is 0 Å². The van der Waals surface area contributed by atoms with Gasteiger partial charge in [-0.1, -0.05) is 25.3 Å². The number of likely N-dealkylation sites (tertiary alicyclic amines) is 1. The lowest BCUT2D eigenvalue weighted by Crippen LogP contribution is -2.55. The first kappa shape index (κ1) is 24.6. The predicted molar refractivity (Wildman–Crippen MR) is 137 cm³/mol. The highest BCUT2D eigenvalue weighted by atomic mass is 16.7. The van der Waals surface area contributed by atoms with Gasteiger partial charge in [0, 0.05) is 24.5 Å². The van der Waals surface area contributed by atoms with Crippen molar-refractivity contribution in [1.82, 2.24) is 20.5 Å². The second kappa shape index (κ2) is 10.9. The lowest BCUT2D eigenvalue weighted by molar-refractivity contribution is -0.139. The molecule has 0 radical (unpaired) electrons. The molecule has 192 valence electrons. The SMILES string of the molecule is CNC(C)C(=O)NC(C(=O)N1CCCC1c1cncc(-c2ccc3c(c2)OCO3)c1)C1CCCCC1. The van der Waals surface area contributed by atoms with Crippen LogP contribution in [-0.2, 0) is 9.59 Å². The fraction of sp³-hybridized carbons (Fsp3) is 0.536. The van der Waals surface area contributed by atoms with E-state index in [0.29, 0.717) is 6.54 Å². The average molecular weight is 493 g/mol. The summed E-state index contributed by atoms with van der Waals surface area (Å²) in [6.45, 7) is 2.75. The zero-order chi connectivity index (χ0) is 25.1. The van der Waals surface area contributed by atoms with Gasteiger partial charge in [-0.3, -0.25) is 14.6 Å². The Kier molecular flexibility index (Phi) is 7.41. The summed E-state index contributed by atoms with van der Waals surface area (Å²) in [6.07, 6.45) is 10.9. The van der Waals surface area contributed by atoms with E-state index in [2.05, 4.69) is 21.7 Å². The Morgan fingerprint density at radius 3 is 2.61 bits per heavy atom. The maximum absolute atomic E-state index is 14.0.